The number of benzene rings is 1. The Morgan fingerprint density at radius 1 is 0.750 bits per heavy atom. The Hall–Kier alpha value is -0.510. The van der Waals surface area contributed by atoms with Crippen LogP contribution in [0.15, 0.2) is 23.1 Å². The molecule has 2 heterocycles. The number of thioether (sulfide) groups is 1. The lowest BCUT2D eigenvalue weighted by atomic mass is 10.1. The second-order valence-corrected chi connectivity index (χ2v) is 9.92. The lowest BCUT2D eigenvalue weighted by Crippen LogP contribution is -2.30. The van der Waals surface area contributed by atoms with E-state index in [0.29, 0.717) is 0 Å². The Kier molecular flexibility index (Phi) is 10.8. The fraction of sp³-hybridized carbons (Fsp3) is 0.760. The summed E-state index contributed by atoms with van der Waals surface area (Å²) in [5.74, 6) is 1.29. The molecule has 0 amide bonds. The monoisotopic (exact) mass is 402 g/mol. The summed E-state index contributed by atoms with van der Waals surface area (Å²) in [7, 11) is 0. The lowest BCUT2D eigenvalue weighted by Gasteiger charge is -2.26. The van der Waals surface area contributed by atoms with E-state index in [2.05, 4.69) is 40.2 Å². The molecule has 2 nitrogen and oxygen atoms in total. The molecule has 0 bridgehead atoms. The average Bonchev–Trinajstić information content (AvgIpc) is 3.22. The molecule has 1 aromatic rings. The Morgan fingerprint density at radius 3 is 2.18 bits per heavy atom. The molecule has 0 spiro atoms. The molecule has 2 aliphatic rings. The third-order valence-corrected chi connectivity index (χ3v) is 7.61. The fourth-order valence-electron chi connectivity index (χ4n) is 4.65. The van der Waals surface area contributed by atoms with Crippen molar-refractivity contribution in [3.63, 3.8) is 0 Å². The van der Waals surface area contributed by atoms with Crippen LogP contribution in [0.2, 0.25) is 0 Å². The van der Waals surface area contributed by atoms with Crippen molar-refractivity contribution < 1.29 is 0 Å². The highest BCUT2D eigenvalue weighted by molar-refractivity contribution is 7.99. The molecule has 1 N–H and O–H groups in total. The smallest absolute Gasteiger partial charge is 0.0223 e. The molecule has 0 atom stereocenters. The minimum Gasteiger partial charge on any atom is -0.309 e. The lowest BCUT2D eigenvalue weighted by molar-refractivity contribution is 0.224. The Morgan fingerprint density at radius 2 is 1.43 bits per heavy atom. The van der Waals surface area contributed by atoms with E-state index in [1.165, 1.54) is 119 Å². The number of nitrogens with zero attached hydrogens (tertiary/aromatic N) is 1. The van der Waals surface area contributed by atoms with E-state index in [4.69, 9.17) is 0 Å². The summed E-state index contributed by atoms with van der Waals surface area (Å²) >= 11 is 2.07. The maximum Gasteiger partial charge on any atom is 0.0223 e. The highest BCUT2D eigenvalue weighted by Gasteiger charge is 2.13. The predicted molar refractivity (Wildman–Crippen MR) is 124 cm³/mol. The third-order valence-electron chi connectivity index (χ3n) is 6.42. The van der Waals surface area contributed by atoms with E-state index in [1.807, 2.05) is 0 Å². The van der Waals surface area contributed by atoms with Crippen molar-refractivity contribution in [1.29, 1.82) is 0 Å². The van der Waals surface area contributed by atoms with Gasteiger partial charge in [-0.25, -0.2) is 0 Å². The molecule has 3 rings (SSSR count). The molecule has 1 saturated heterocycles. The van der Waals surface area contributed by atoms with Crippen LogP contribution >= 0.6 is 11.8 Å². The normalized spacial score (nSPS) is 17.1. The van der Waals surface area contributed by atoms with Gasteiger partial charge in [0.25, 0.3) is 0 Å². The molecular weight excluding hydrogens is 360 g/mol. The van der Waals surface area contributed by atoms with Crippen molar-refractivity contribution in [2.75, 3.05) is 25.4 Å². The number of piperidine rings is 1. The Bertz CT molecular complexity index is 539. The first kappa shape index (κ1) is 22.2. The number of fused-ring (bicyclic) bond motifs is 1. The van der Waals surface area contributed by atoms with Gasteiger partial charge in [-0.3, -0.25) is 0 Å². The second kappa shape index (κ2) is 13.7. The highest BCUT2D eigenvalue weighted by Crippen LogP contribution is 2.29. The molecule has 158 valence electrons. The van der Waals surface area contributed by atoms with Crippen LogP contribution in [0, 0.1) is 0 Å². The van der Waals surface area contributed by atoms with Crippen LogP contribution in [-0.2, 0) is 13.1 Å². The second-order valence-electron chi connectivity index (χ2n) is 8.78. The van der Waals surface area contributed by atoms with Crippen LogP contribution in [0.3, 0.4) is 0 Å². The van der Waals surface area contributed by atoms with E-state index in [-0.39, 0.29) is 0 Å². The third kappa shape index (κ3) is 8.08. The van der Waals surface area contributed by atoms with Gasteiger partial charge in [-0.05, 0) is 68.3 Å². The van der Waals surface area contributed by atoms with Crippen molar-refractivity contribution in [3.05, 3.63) is 29.3 Å². The average molecular weight is 403 g/mol. The van der Waals surface area contributed by atoms with Gasteiger partial charge >= 0.3 is 0 Å². The standard InChI is InChI=1S/C25H42N2S/c1(3-5-7-10-17-27-18-11-9-12-19-27)2-4-6-8-13-20-28-25-16-14-15-23-21-26-22-24(23)25/h14-16,26H,1-13,17-22H2. The van der Waals surface area contributed by atoms with Gasteiger partial charge < -0.3 is 10.2 Å². The van der Waals surface area contributed by atoms with Gasteiger partial charge in [0, 0.05) is 18.0 Å². The quantitative estimate of drug-likeness (QED) is 0.273. The molecule has 28 heavy (non-hydrogen) atoms. The van der Waals surface area contributed by atoms with Gasteiger partial charge in [-0.1, -0.05) is 69.9 Å². The Balaban J connectivity index is 1.08. The molecule has 0 aromatic heterocycles. The molecule has 0 radical (unpaired) electrons. The minimum absolute atomic E-state index is 1.06. The SMILES string of the molecule is c1cc2c(c(SCCCCCCCCCCCCN3CCCCC3)c1)CNC2. The van der Waals surface area contributed by atoms with E-state index < -0.39 is 0 Å². The summed E-state index contributed by atoms with van der Waals surface area (Å²) < 4.78 is 0. The van der Waals surface area contributed by atoms with Gasteiger partial charge in [0.05, 0.1) is 0 Å². The summed E-state index contributed by atoms with van der Waals surface area (Å²) in [5, 5.41) is 3.47. The maximum atomic E-state index is 3.47. The highest BCUT2D eigenvalue weighted by atomic mass is 32.2. The van der Waals surface area contributed by atoms with Gasteiger partial charge in [0.15, 0.2) is 0 Å². The van der Waals surface area contributed by atoms with Crippen LogP contribution in [0.5, 0.6) is 0 Å². The molecular formula is C25H42N2S. The van der Waals surface area contributed by atoms with Gasteiger partial charge in [0.2, 0.25) is 0 Å². The minimum atomic E-state index is 1.06. The molecule has 1 fully saturated rings. The van der Waals surface area contributed by atoms with Crippen molar-refractivity contribution in [3.8, 4) is 0 Å². The number of hydrogen-bond donors (Lipinski definition) is 1. The zero-order valence-corrected chi connectivity index (χ0v) is 18.8. The van der Waals surface area contributed by atoms with Gasteiger partial charge in [-0.2, -0.15) is 0 Å². The molecule has 0 unspecified atom stereocenters. The predicted octanol–water partition coefficient (Wildman–Crippen LogP) is 6.77. The van der Waals surface area contributed by atoms with Crippen LogP contribution in [0.25, 0.3) is 0 Å². The summed E-state index contributed by atoms with van der Waals surface area (Å²) in [6, 6.07) is 6.80. The van der Waals surface area contributed by atoms with Crippen LogP contribution in [-0.4, -0.2) is 30.3 Å². The molecule has 0 saturated carbocycles. The van der Waals surface area contributed by atoms with Crippen LogP contribution < -0.4 is 5.32 Å². The number of likely N-dealkylation sites (tertiary alicyclic amines) is 1. The topological polar surface area (TPSA) is 15.3 Å². The number of rotatable bonds is 14. The summed E-state index contributed by atoms with van der Waals surface area (Å²) in [6.07, 6.45) is 18.7. The molecule has 0 aliphatic carbocycles. The van der Waals surface area contributed by atoms with Gasteiger partial charge in [0.1, 0.15) is 0 Å². The van der Waals surface area contributed by atoms with Crippen molar-refractivity contribution >= 4 is 11.8 Å². The van der Waals surface area contributed by atoms with Crippen LogP contribution in [0.4, 0.5) is 0 Å². The van der Waals surface area contributed by atoms with E-state index in [1.54, 1.807) is 5.56 Å². The summed E-state index contributed by atoms with van der Waals surface area (Å²) in [5.41, 5.74) is 3.07. The number of hydrogen-bond acceptors (Lipinski definition) is 3. The number of unbranched alkanes of at least 4 members (excludes halogenated alkanes) is 9. The van der Waals surface area contributed by atoms with Gasteiger partial charge in [-0.15, -0.1) is 11.8 Å². The fourth-order valence-corrected chi connectivity index (χ4v) is 5.77. The molecule has 2 aliphatic heterocycles. The van der Waals surface area contributed by atoms with E-state index in [0.717, 1.165) is 13.1 Å². The van der Waals surface area contributed by atoms with Crippen molar-refractivity contribution in [2.24, 2.45) is 0 Å². The van der Waals surface area contributed by atoms with E-state index in [9.17, 15) is 0 Å². The zero-order valence-electron chi connectivity index (χ0n) is 18.0. The first-order chi connectivity index (χ1) is 13.9. The first-order valence-electron chi connectivity index (χ1n) is 12.1. The zero-order chi connectivity index (χ0) is 19.3. The van der Waals surface area contributed by atoms with E-state index >= 15 is 0 Å². The maximum absolute atomic E-state index is 3.47. The molecule has 3 heteroatoms. The molecule has 1 aromatic carbocycles. The number of nitrogens with one attached hydrogen (secondary N) is 1. The summed E-state index contributed by atoms with van der Waals surface area (Å²) in [6.45, 7) is 6.21. The van der Waals surface area contributed by atoms with Crippen molar-refractivity contribution in [1.82, 2.24) is 10.2 Å². The summed E-state index contributed by atoms with van der Waals surface area (Å²) in [4.78, 5) is 4.20. The largest absolute Gasteiger partial charge is 0.309 e. The van der Waals surface area contributed by atoms with Crippen LogP contribution in [0.1, 0.15) is 94.6 Å². The Labute approximate surface area is 178 Å². The van der Waals surface area contributed by atoms with Crippen molar-refractivity contribution in [2.45, 2.75) is 101 Å². The first-order valence-corrected chi connectivity index (χ1v) is 13.1.